The van der Waals surface area contributed by atoms with Crippen LogP contribution < -0.4 is 0 Å². The number of carboxylic acid groups (broad SMARTS) is 1. The summed E-state index contributed by atoms with van der Waals surface area (Å²) in [6.07, 6.45) is -0.497. The molecule has 1 aliphatic heterocycles. The number of aliphatic imine (C=N–C) groups is 1. The molecule has 15 heavy (non-hydrogen) atoms. The lowest BCUT2D eigenvalue weighted by molar-refractivity contribution is -0.140. The molecule has 4 nitrogen and oxygen atoms in total. The highest BCUT2D eigenvalue weighted by atomic mass is 16.5. The highest BCUT2D eigenvalue weighted by molar-refractivity contribution is 5.84. The van der Waals surface area contributed by atoms with Gasteiger partial charge in [-0.2, -0.15) is 0 Å². The van der Waals surface area contributed by atoms with Crippen LogP contribution in [0.4, 0.5) is 0 Å². The van der Waals surface area contributed by atoms with Crippen LogP contribution in [-0.2, 0) is 9.53 Å². The van der Waals surface area contributed by atoms with Crippen LogP contribution >= 0.6 is 0 Å². The molecule has 1 aromatic carbocycles. The van der Waals surface area contributed by atoms with Crippen LogP contribution in [0, 0.1) is 0 Å². The van der Waals surface area contributed by atoms with E-state index in [2.05, 4.69) is 4.99 Å². The zero-order valence-electron chi connectivity index (χ0n) is 8.25. The Hall–Kier alpha value is -1.84. The second-order valence-corrected chi connectivity index (χ2v) is 3.38. The molecule has 0 fully saturated rings. The Kier molecular flexibility index (Phi) is 2.41. The number of nitrogens with zero attached hydrogens (tertiary/aromatic N) is 1. The Morgan fingerprint density at radius 2 is 2.07 bits per heavy atom. The normalized spacial score (nSPS) is 24.5. The van der Waals surface area contributed by atoms with E-state index < -0.39 is 18.1 Å². The number of carboxylic acids is 1. The van der Waals surface area contributed by atoms with Crippen molar-refractivity contribution in [2.75, 3.05) is 0 Å². The number of carbonyl (C=O) groups is 1. The van der Waals surface area contributed by atoms with Crippen molar-refractivity contribution >= 4 is 11.9 Å². The summed E-state index contributed by atoms with van der Waals surface area (Å²) in [5.74, 6) is -0.531. The molecule has 0 aromatic heterocycles. The quantitative estimate of drug-likeness (QED) is 0.798. The molecule has 0 saturated carbocycles. The van der Waals surface area contributed by atoms with Crippen LogP contribution in [0.3, 0.4) is 0 Å². The van der Waals surface area contributed by atoms with E-state index in [1.807, 2.05) is 30.3 Å². The first kappa shape index (κ1) is 9.71. The van der Waals surface area contributed by atoms with Crippen LogP contribution in [0.2, 0.25) is 0 Å². The first-order valence-electron chi connectivity index (χ1n) is 4.67. The first-order chi connectivity index (χ1) is 7.18. The Labute approximate surface area is 87.2 Å². The predicted octanol–water partition coefficient (Wildman–Crippen LogP) is 1.63. The van der Waals surface area contributed by atoms with Crippen molar-refractivity contribution in [3.63, 3.8) is 0 Å². The van der Waals surface area contributed by atoms with Gasteiger partial charge in [-0.15, -0.1) is 0 Å². The molecular weight excluding hydrogens is 194 g/mol. The summed E-state index contributed by atoms with van der Waals surface area (Å²) in [6, 6.07) is 8.44. The summed E-state index contributed by atoms with van der Waals surface area (Å²) in [5, 5.41) is 8.98. The Balaban J connectivity index is 2.28. The SMILES string of the molecule is CC1=NC(C(=O)O)C(c2ccccc2)O1. The Morgan fingerprint density at radius 1 is 1.40 bits per heavy atom. The van der Waals surface area contributed by atoms with Crippen molar-refractivity contribution in [1.82, 2.24) is 0 Å². The fourth-order valence-electron chi connectivity index (χ4n) is 1.62. The largest absolute Gasteiger partial charge is 0.480 e. The number of ether oxygens (including phenoxy) is 1. The first-order valence-corrected chi connectivity index (χ1v) is 4.67. The summed E-state index contributed by atoms with van der Waals surface area (Å²) < 4.78 is 5.39. The third-order valence-corrected chi connectivity index (χ3v) is 2.29. The fraction of sp³-hybridized carbons (Fsp3) is 0.273. The Bertz CT molecular complexity index is 400. The standard InChI is InChI=1S/C11H11NO3/c1-7-12-9(11(13)14)10(15-7)8-5-3-2-4-6-8/h2-6,9-10H,1H3,(H,13,14). The molecule has 1 aliphatic rings. The predicted molar refractivity (Wildman–Crippen MR) is 54.8 cm³/mol. The number of benzene rings is 1. The van der Waals surface area contributed by atoms with Gasteiger partial charge in [0, 0.05) is 6.92 Å². The summed E-state index contributed by atoms with van der Waals surface area (Å²) in [6.45, 7) is 1.67. The third kappa shape index (κ3) is 1.83. The molecule has 2 rings (SSSR count). The number of rotatable bonds is 2. The molecule has 1 N–H and O–H groups in total. The molecule has 0 bridgehead atoms. The molecule has 0 radical (unpaired) electrons. The van der Waals surface area contributed by atoms with Gasteiger partial charge in [-0.1, -0.05) is 30.3 Å². The molecule has 0 aliphatic carbocycles. The van der Waals surface area contributed by atoms with Crippen molar-refractivity contribution in [2.45, 2.75) is 19.1 Å². The van der Waals surface area contributed by atoms with Crippen LogP contribution in [0.15, 0.2) is 35.3 Å². The molecule has 1 aromatic rings. The van der Waals surface area contributed by atoms with Gasteiger partial charge in [0.2, 0.25) is 0 Å². The lowest BCUT2D eigenvalue weighted by atomic mass is 10.0. The maximum atomic E-state index is 10.9. The molecule has 4 heteroatoms. The molecular formula is C11H11NO3. The van der Waals surface area contributed by atoms with E-state index >= 15 is 0 Å². The number of hydrogen-bond acceptors (Lipinski definition) is 3. The average molecular weight is 205 g/mol. The zero-order chi connectivity index (χ0) is 10.8. The smallest absolute Gasteiger partial charge is 0.332 e. The monoisotopic (exact) mass is 205 g/mol. The minimum atomic E-state index is -0.958. The van der Waals surface area contributed by atoms with E-state index in [0.717, 1.165) is 5.56 Å². The maximum Gasteiger partial charge on any atom is 0.332 e. The average Bonchev–Trinajstić information content (AvgIpc) is 2.62. The van der Waals surface area contributed by atoms with Crippen LogP contribution in [0.5, 0.6) is 0 Å². The van der Waals surface area contributed by atoms with E-state index in [0.29, 0.717) is 5.90 Å². The summed E-state index contributed by atoms with van der Waals surface area (Å²) in [7, 11) is 0. The van der Waals surface area contributed by atoms with Gasteiger partial charge in [0.1, 0.15) is 0 Å². The summed E-state index contributed by atoms with van der Waals surface area (Å²) in [5.41, 5.74) is 0.838. The van der Waals surface area contributed by atoms with Gasteiger partial charge in [0.25, 0.3) is 0 Å². The molecule has 0 saturated heterocycles. The lowest BCUT2D eigenvalue weighted by Crippen LogP contribution is -2.23. The van der Waals surface area contributed by atoms with Gasteiger partial charge in [0.15, 0.2) is 18.0 Å². The minimum Gasteiger partial charge on any atom is -0.480 e. The van der Waals surface area contributed by atoms with E-state index in [1.165, 1.54) is 0 Å². The second kappa shape index (κ2) is 3.73. The molecule has 0 spiro atoms. The van der Waals surface area contributed by atoms with Crippen LogP contribution in [0.1, 0.15) is 18.6 Å². The molecule has 1 heterocycles. The van der Waals surface area contributed by atoms with Gasteiger partial charge in [-0.3, -0.25) is 0 Å². The number of hydrogen-bond donors (Lipinski definition) is 1. The highest BCUT2D eigenvalue weighted by Gasteiger charge is 2.35. The van der Waals surface area contributed by atoms with Crippen molar-refractivity contribution < 1.29 is 14.6 Å². The second-order valence-electron chi connectivity index (χ2n) is 3.38. The van der Waals surface area contributed by atoms with Gasteiger partial charge < -0.3 is 9.84 Å². The van der Waals surface area contributed by atoms with Crippen LogP contribution in [0.25, 0.3) is 0 Å². The van der Waals surface area contributed by atoms with Crippen molar-refractivity contribution in [3.8, 4) is 0 Å². The van der Waals surface area contributed by atoms with E-state index in [4.69, 9.17) is 9.84 Å². The van der Waals surface area contributed by atoms with E-state index in [1.54, 1.807) is 6.92 Å². The third-order valence-electron chi connectivity index (χ3n) is 2.29. The highest BCUT2D eigenvalue weighted by Crippen LogP contribution is 2.28. The van der Waals surface area contributed by atoms with Gasteiger partial charge in [-0.25, -0.2) is 9.79 Å². The van der Waals surface area contributed by atoms with Gasteiger partial charge in [0.05, 0.1) is 0 Å². The molecule has 2 atom stereocenters. The topological polar surface area (TPSA) is 58.9 Å². The number of aliphatic carboxylic acids is 1. The van der Waals surface area contributed by atoms with Gasteiger partial charge >= 0.3 is 5.97 Å². The molecule has 2 unspecified atom stereocenters. The van der Waals surface area contributed by atoms with Gasteiger partial charge in [-0.05, 0) is 5.56 Å². The minimum absolute atomic E-state index is 0.427. The molecule has 78 valence electrons. The van der Waals surface area contributed by atoms with E-state index in [-0.39, 0.29) is 0 Å². The Morgan fingerprint density at radius 3 is 2.67 bits per heavy atom. The summed E-state index contributed by atoms with van der Waals surface area (Å²) >= 11 is 0. The summed E-state index contributed by atoms with van der Waals surface area (Å²) in [4.78, 5) is 14.9. The maximum absolute atomic E-state index is 10.9. The fourth-order valence-corrected chi connectivity index (χ4v) is 1.62. The van der Waals surface area contributed by atoms with Crippen molar-refractivity contribution in [1.29, 1.82) is 0 Å². The van der Waals surface area contributed by atoms with Crippen LogP contribution in [-0.4, -0.2) is 23.0 Å². The van der Waals surface area contributed by atoms with Crippen molar-refractivity contribution in [2.24, 2.45) is 4.99 Å². The lowest BCUT2D eigenvalue weighted by Gasteiger charge is -2.14. The zero-order valence-corrected chi connectivity index (χ0v) is 8.25. The van der Waals surface area contributed by atoms with Crippen molar-refractivity contribution in [3.05, 3.63) is 35.9 Å². The van der Waals surface area contributed by atoms with E-state index in [9.17, 15) is 4.79 Å². The molecule has 0 amide bonds.